The Labute approximate surface area is 233 Å². The highest BCUT2D eigenvalue weighted by Gasteiger charge is 2.59. The predicted octanol–water partition coefficient (Wildman–Crippen LogP) is 10.1. The van der Waals surface area contributed by atoms with Gasteiger partial charge in [0.25, 0.3) is 0 Å². The van der Waals surface area contributed by atoms with Crippen LogP contribution in [0.25, 0.3) is 0 Å². The third-order valence-corrected chi connectivity index (χ3v) is 13.6. The summed E-state index contributed by atoms with van der Waals surface area (Å²) in [6.45, 7) is 25.4. The monoisotopic (exact) mass is 546 g/mol. The molecular weight excluding hydrogens is 485 g/mol. The average molecular weight is 547 g/mol. The summed E-state index contributed by atoms with van der Waals surface area (Å²) in [7, 11) is -2.85. The van der Waals surface area contributed by atoms with Gasteiger partial charge in [0.1, 0.15) is 0 Å². The lowest BCUT2D eigenvalue weighted by atomic mass is 9.47. The SMILES string of the molecule is CC(CCCC(C)[C@H]1CCC2C3CC=C4C[C@@H](O[Si](C)(C)C)CC[C@]4(C)C3CC[C@@]21C)CO[Si](C)(C)C. The standard InChI is InChI=1S/C33H62O2Si2/c1-24(23-34-36(5,6)7)12-11-13-25(2)29-16-17-30-28-15-14-26-22-27(35-37(8,9)10)18-20-32(26,3)31(28)19-21-33(29,30)4/h14,24-25,27-31H,11-13,15-23H2,1-10H3/t24?,25?,27-,28?,29+,30?,31?,32-,33+/m0/s1. The summed E-state index contributed by atoms with van der Waals surface area (Å²) in [5, 5.41) is 0. The summed E-state index contributed by atoms with van der Waals surface area (Å²) in [6.07, 6.45) is 18.5. The van der Waals surface area contributed by atoms with Crippen molar-refractivity contribution in [3.8, 4) is 0 Å². The molecule has 3 fully saturated rings. The minimum atomic E-state index is -1.47. The zero-order valence-corrected chi connectivity index (χ0v) is 28.4. The van der Waals surface area contributed by atoms with Crippen LogP contribution >= 0.6 is 0 Å². The van der Waals surface area contributed by atoms with Crippen molar-refractivity contribution in [1.82, 2.24) is 0 Å². The fraction of sp³-hybridized carbons (Fsp3) is 0.939. The van der Waals surface area contributed by atoms with Gasteiger partial charge in [0, 0.05) is 12.7 Å². The van der Waals surface area contributed by atoms with E-state index < -0.39 is 16.6 Å². The van der Waals surface area contributed by atoms with Crippen molar-refractivity contribution >= 4 is 16.6 Å². The number of allylic oxidation sites excluding steroid dienone is 1. The summed E-state index contributed by atoms with van der Waals surface area (Å²) < 4.78 is 12.8. The number of fused-ring (bicyclic) bond motifs is 5. The second-order valence-electron chi connectivity index (χ2n) is 16.5. The maximum absolute atomic E-state index is 6.60. The number of rotatable bonds is 10. The van der Waals surface area contributed by atoms with Gasteiger partial charge >= 0.3 is 0 Å². The molecule has 3 saturated carbocycles. The lowest BCUT2D eigenvalue weighted by Gasteiger charge is -2.58. The van der Waals surface area contributed by atoms with E-state index in [2.05, 4.69) is 73.1 Å². The number of hydrogen-bond donors (Lipinski definition) is 0. The molecule has 0 radical (unpaired) electrons. The molecule has 37 heavy (non-hydrogen) atoms. The average Bonchev–Trinajstić information content (AvgIpc) is 3.14. The zero-order chi connectivity index (χ0) is 27.2. The molecule has 4 aliphatic carbocycles. The van der Waals surface area contributed by atoms with E-state index in [1.54, 1.807) is 5.57 Å². The summed E-state index contributed by atoms with van der Waals surface area (Å²) >= 11 is 0. The largest absolute Gasteiger partial charge is 0.417 e. The molecule has 9 atom stereocenters. The Morgan fingerprint density at radius 2 is 1.62 bits per heavy atom. The molecule has 0 bridgehead atoms. The van der Waals surface area contributed by atoms with E-state index in [0.717, 1.165) is 36.2 Å². The van der Waals surface area contributed by atoms with Crippen molar-refractivity contribution in [2.24, 2.45) is 46.3 Å². The molecule has 0 heterocycles. The predicted molar refractivity (Wildman–Crippen MR) is 165 cm³/mol. The van der Waals surface area contributed by atoms with Crippen LogP contribution < -0.4 is 0 Å². The van der Waals surface area contributed by atoms with Gasteiger partial charge in [-0.3, -0.25) is 0 Å². The topological polar surface area (TPSA) is 18.5 Å². The van der Waals surface area contributed by atoms with Gasteiger partial charge in [0.15, 0.2) is 16.6 Å². The van der Waals surface area contributed by atoms with Gasteiger partial charge in [0.05, 0.1) is 0 Å². The van der Waals surface area contributed by atoms with Crippen molar-refractivity contribution < 1.29 is 8.85 Å². The minimum Gasteiger partial charge on any atom is -0.417 e. The van der Waals surface area contributed by atoms with Crippen LogP contribution in [0.3, 0.4) is 0 Å². The Balaban J connectivity index is 1.35. The molecule has 0 amide bonds. The van der Waals surface area contributed by atoms with Crippen LogP contribution in [0, 0.1) is 46.3 Å². The van der Waals surface area contributed by atoms with Crippen molar-refractivity contribution in [2.75, 3.05) is 6.61 Å². The summed E-state index contributed by atoms with van der Waals surface area (Å²) in [4.78, 5) is 0. The van der Waals surface area contributed by atoms with Crippen LogP contribution in [0.5, 0.6) is 0 Å². The summed E-state index contributed by atoms with van der Waals surface area (Å²) in [5.41, 5.74) is 2.80. The fourth-order valence-corrected chi connectivity index (χ4v) is 11.7. The van der Waals surface area contributed by atoms with Crippen molar-refractivity contribution in [1.29, 1.82) is 0 Å². The molecule has 0 aliphatic heterocycles. The lowest BCUT2D eigenvalue weighted by molar-refractivity contribution is -0.0563. The van der Waals surface area contributed by atoms with Crippen LogP contribution in [0.1, 0.15) is 98.3 Å². The van der Waals surface area contributed by atoms with Crippen LogP contribution in [-0.2, 0) is 8.85 Å². The second-order valence-corrected chi connectivity index (χ2v) is 25.5. The van der Waals surface area contributed by atoms with Crippen molar-refractivity contribution in [2.45, 2.75) is 144 Å². The fourth-order valence-electron chi connectivity index (χ4n) is 9.67. The molecule has 4 aliphatic rings. The third kappa shape index (κ3) is 6.71. The van der Waals surface area contributed by atoms with Gasteiger partial charge in [-0.2, -0.15) is 0 Å². The van der Waals surface area contributed by atoms with Crippen LogP contribution in [0.15, 0.2) is 11.6 Å². The zero-order valence-electron chi connectivity index (χ0n) is 26.4. The first-order chi connectivity index (χ1) is 17.1. The van der Waals surface area contributed by atoms with E-state index in [0.29, 0.717) is 22.9 Å². The summed E-state index contributed by atoms with van der Waals surface area (Å²) in [5.74, 6) is 5.31. The van der Waals surface area contributed by atoms with Gasteiger partial charge in [-0.15, -0.1) is 0 Å². The lowest BCUT2D eigenvalue weighted by Crippen LogP contribution is -2.51. The molecule has 4 heteroatoms. The third-order valence-electron chi connectivity index (χ3n) is 11.5. The molecule has 4 rings (SSSR count). The Morgan fingerprint density at radius 1 is 0.892 bits per heavy atom. The summed E-state index contributed by atoms with van der Waals surface area (Å²) in [6, 6.07) is 0. The molecule has 2 nitrogen and oxygen atoms in total. The molecule has 0 saturated heterocycles. The van der Waals surface area contributed by atoms with E-state index in [-0.39, 0.29) is 0 Å². The van der Waals surface area contributed by atoms with Gasteiger partial charge in [-0.25, -0.2) is 0 Å². The Kier molecular flexibility index (Phi) is 9.07. The molecule has 5 unspecified atom stereocenters. The van der Waals surface area contributed by atoms with E-state index in [1.165, 1.54) is 70.6 Å². The van der Waals surface area contributed by atoms with Gasteiger partial charge in [-0.05, 0) is 143 Å². The van der Waals surface area contributed by atoms with Crippen molar-refractivity contribution in [3.63, 3.8) is 0 Å². The second kappa shape index (κ2) is 11.2. The van der Waals surface area contributed by atoms with E-state index in [9.17, 15) is 0 Å². The molecule has 0 aromatic rings. The molecule has 0 aromatic carbocycles. The highest BCUT2D eigenvalue weighted by atomic mass is 28.4. The van der Waals surface area contributed by atoms with Crippen LogP contribution in [0.4, 0.5) is 0 Å². The molecule has 0 spiro atoms. The first kappa shape index (κ1) is 30.1. The highest BCUT2D eigenvalue weighted by molar-refractivity contribution is 6.70. The quantitative estimate of drug-likeness (QED) is 0.200. The first-order valence-corrected chi connectivity index (χ1v) is 23.0. The van der Waals surface area contributed by atoms with Crippen LogP contribution in [0.2, 0.25) is 39.3 Å². The molecule has 0 aromatic heterocycles. The Hall–Kier alpha value is 0.0938. The maximum Gasteiger partial charge on any atom is 0.184 e. The van der Waals surface area contributed by atoms with Crippen LogP contribution in [-0.4, -0.2) is 29.3 Å². The van der Waals surface area contributed by atoms with E-state index in [4.69, 9.17) is 8.85 Å². The molecule has 0 N–H and O–H groups in total. The highest BCUT2D eigenvalue weighted by Crippen LogP contribution is 2.67. The van der Waals surface area contributed by atoms with E-state index in [1.807, 2.05) is 0 Å². The van der Waals surface area contributed by atoms with Gasteiger partial charge in [-0.1, -0.05) is 52.2 Å². The Morgan fingerprint density at radius 3 is 2.30 bits per heavy atom. The smallest absolute Gasteiger partial charge is 0.184 e. The van der Waals surface area contributed by atoms with Crippen molar-refractivity contribution in [3.05, 3.63) is 11.6 Å². The molecule has 214 valence electrons. The van der Waals surface area contributed by atoms with E-state index >= 15 is 0 Å². The van der Waals surface area contributed by atoms with Gasteiger partial charge in [0.2, 0.25) is 0 Å². The minimum absolute atomic E-state index is 0.446. The first-order valence-electron chi connectivity index (χ1n) is 16.1. The van der Waals surface area contributed by atoms with Gasteiger partial charge < -0.3 is 8.85 Å². The maximum atomic E-state index is 6.60. The Bertz CT molecular complexity index is 810. The molecular formula is C33H62O2Si2. The number of hydrogen-bond acceptors (Lipinski definition) is 2. The normalized spacial score (nSPS) is 39.8.